The van der Waals surface area contributed by atoms with Gasteiger partial charge in [0.15, 0.2) is 0 Å². The van der Waals surface area contributed by atoms with Crippen LogP contribution < -0.4 is 11.3 Å². The molecule has 0 saturated heterocycles. The van der Waals surface area contributed by atoms with Crippen LogP contribution in [-0.2, 0) is 0 Å². The molecule has 1 rings (SSSR count). The zero-order chi connectivity index (χ0) is 11.1. The molecular weight excluding hydrogens is 210 g/mol. The molecule has 0 spiro atoms. The maximum absolute atomic E-state index is 5.70. The van der Waals surface area contributed by atoms with E-state index in [4.69, 9.17) is 17.4 Å². The van der Waals surface area contributed by atoms with Gasteiger partial charge in [0.25, 0.3) is 0 Å². The summed E-state index contributed by atoms with van der Waals surface area (Å²) in [6.45, 7) is 1.83. The van der Waals surface area contributed by atoms with E-state index in [2.05, 4.69) is 22.3 Å². The summed E-state index contributed by atoms with van der Waals surface area (Å²) in [5.74, 6) is 11.3. The molecule has 0 amide bonds. The topological polar surface area (TPSA) is 50.9 Å². The third-order valence-electron chi connectivity index (χ3n) is 2.09. The minimum atomic E-state index is 0.0793. The van der Waals surface area contributed by atoms with Crippen molar-refractivity contribution in [3.63, 3.8) is 0 Å². The summed E-state index contributed by atoms with van der Waals surface area (Å²) < 4.78 is 0. The van der Waals surface area contributed by atoms with Crippen molar-refractivity contribution in [2.24, 2.45) is 5.84 Å². The van der Waals surface area contributed by atoms with Crippen LogP contribution in [0.1, 0.15) is 31.4 Å². The second-order valence-electron chi connectivity index (χ2n) is 3.10. The van der Waals surface area contributed by atoms with Gasteiger partial charge in [-0.25, -0.2) is 4.98 Å². The van der Waals surface area contributed by atoms with Crippen molar-refractivity contribution in [3.05, 3.63) is 29.0 Å². The summed E-state index contributed by atoms with van der Waals surface area (Å²) >= 11 is 5.70. The van der Waals surface area contributed by atoms with E-state index in [9.17, 15) is 0 Å². The average Bonchev–Trinajstić information content (AvgIpc) is 2.26. The van der Waals surface area contributed by atoms with Crippen molar-refractivity contribution in [2.75, 3.05) is 0 Å². The van der Waals surface area contributed by atoms with Crippen LogP contribution in [0.25, 0.3) is 0 Å². The van der Waals surface area contributed by atoms with Crippen molar-refractivity contribution in [1.29, 1.82) is 0 Å². The van der Waals surface area contributed by atoms with Gasteiger partial charge in [-0.3, -0.25) is 11.3 Å². The Balaban J connectivity index is 2.64. The normalized spacial score (nSPS) is 11.7. The summed E-state index contributed by atoms with van der Waals surface area (Å²) in [6, 6.07) is 3.75. The Kier molecular flexibility index (Phi) is 5.13. The highest BCUT2D eigenvalue weighted by Crippen LogP contribution is 2.17. The first-order valence-corrected chi connectivity index (χ1v) is 5.13. The number of hydrogen-bond acceptors (Lipinski definition) is 3. The van der Waals surface area contributed by atoms with Crippen LogP contribution in [0.5, 0.6) is 0 Å². The van der Waals surface area contributed by atoms with Gasteiger partial charge < -0.3 is 0 Å². The highest BCUT2D eigenvalue weighted by Gasteiger charge is 2.08. The Morgan fingerprint density at radius 1 is 1.60 bits per heavy atom. The lowest BCUT2D eigenvalue weighted by Gasteiger charge is -2.14. The van der Waals surface area contributed by atoms with E-state index in [1.54, 1.807) is 12.3 Å². The average molecular weight is 224 g/mol. The molecule has 0 aliphatic heterocycles. The van der Waals surface area contributed by atoms with Gasteiger partial charge in [-0.15, -0.1) is 11.8 Å². The summed E-state index contributed by atoms with van der Waals surface area (Å²) in [4.78, 5) is 4.01. The van der Waals surface area contributed by atoms with E-state index >= 15 is 0 Å². The Morgan fingerprint density at radius 3 is 2.93 bits per heavy atom. The molecule has 1 atom stereocenters. The first kappa shape index (κ1) is 12.0. The van der Waals surface area contributed by atoms with Gasteiger partial charge in [0.05, 0.1) is 0 Å². The smallest absolute Gasteiger partial charge is 0.129 e. The molecule has 0 aliphatic carbocycles. The SMILES string of the molecule is CC#CCCC(NN)c1ccc(Cl)nc1. The summed E-state index contributed by atoms with van der Waals surface area (Å²) in [6.07, 6.45) is 3.40. The van der Waals surface area contributed by atoms with E-state index < -0.39 is 0 Å². The molecule has 0 saturated carbocycles. The van der Waals surface area contributed by atoms with Crippen molar-refractivity contribution in [1.82, 2.24) is 10.4 Å². The number of nitrogens with one attached hydrogen (secondary N) is 1. The first-order valence-electron chi connectivity index (χ1n) is 4.75. The number of hydrogen-bond donors (Lipinski definition) is 2. The summed E-state index contributed by atoms with van der Waals surface area (Å²) in [5, 5.41) is 0.489. The van der Waals surface area contributed by atoms with Crippen LogP contribution in [-0.4, -0.2) is 4.98 Å². The summed E-state index contributed by atoms with van der Waals surface area (Å²) in [7, 11) is 0. The van der Waals surface area contributed by atoms with Gasteiger partial charge in [-0.1, -0.05) is 17.7 Å². The molecule has 3 nitrogen and oxygen atoms in total. The molecule has 0 bridgehead atoms. The van der Waals surface area contributed by atoms with Gasteiger partial charge in [-0.05, 0) is 25.0 Å². The molecule has 1 unspecified atom stereocenters. The maximum Gasteiger partial charge on any atom is 0.129 e. The monoisotopic (exact) mass is 223 g/mol. The molecule has 1 heterocycles. The minimum absolute atomic E-state index is 0.0793. The number of nitrogens with two attached hydrogens (primary N) is 1. The van der Waals surface area contributed by atoms with Crippen molar-refractivity contribution in [3.8, 4) is 11.8 Å². The molecule has 0 aliphatic rings. The zero-order valence-corrected chi connectivity index (χ0v) is 9.38. The van der Waals surface area contributed by atoms with Gasteiger partial charge in [-0.2, -0.15) is 0 Å². The van der Waals surface area contributed by atoms with E-state index in [-0.39, 0.29) is 6.04 Å². The van der Waals surface area contributed by atoms with Gasteiger partial charge in [0, 0.05) is 18.7 Å². The lowest BCUT2D eigenvalue weighted by atomic mass is 10.1. The molecule has 0 aromatic carbocycles. The van der Waals surface area contributed by atoms with E-state index in [1.165, 1.54) is 0 Å². The third kappa shape index (κ3) is 3.88. The number of rotatable bonds is 4. The summed E-state index contributed by atoms with van der Waals surface area (Å²) in [5.41, 5.74) is 3.77. The lowest BCUT2D eigenvalue weighted by molar-refractivity contribution is 0.522. The van der Waals surface area contributed by atoms with Gasteiger partial charge in [0.2, 0.25) is 0 Å². The van der Waals surface area contributed by atoms with Crippen LogP contribution in [0.2, 0.25) is 5.15 Å². The van der Waals surface area contributed by atoms with E-state index in [0.29, 0.717) is 5.15 Å². The van der Waals surface area contributed by atoms with E-state index in [1.807, 2.05) is 13.0 Å². The molecule has 80 valence electrons. The zero-order valence-electron chi connectivity index (χ0n) is 8.63. The molecule has 0 fully saturated rings. The van der Waals surface area contributed by atoms with Crippen LogP contribution in [0.3, 0.4) is 0 Å². The molecule has 4 heteroatoms. The molecular formula is C11H14ClN3. The first-order chi connectivity index (χ1) is 7.27. The second-order valence-corrected chi connectivity index (χ2v) is 3.49. The van der Waals surface area contributed by atoms with Crippen LogP contribution in [0.4, 0.5) is 0 Å². The third-order valence-corrected chi connectivity index (χ3v) is 2.31. The molecule has 1 aromatic heterocycles. The fraction of sp³-hybridized carbons (Fsp3) is 0.364. The number of hydrazine groups is 1. The molecule has 0 radical (unpaired) electrons. The Morgan fingerprint density at radius 2 is 2.40 bits per heavy atom. The second kappa shape index (κ2) is 6.41. The van der Waals surface area contributed by atoms with Gasteiger partial charge >= 0.3 is 0 Å². The standard InChI is InChI=1S/C11H14ClN3/c1-2-3-4-5-10(15-13)9-6-7-11(12)14-8-9/h6-8,10,15H,4-5,13H2,1H3. The largest absolute Gasteiger partial charge is 0.271 e. The molecule has 3 N–H and O–H groups in total. The Bertz CT molecular complexity index is 350. The Hall–Kier alpha value is -1.08. The van der Waals surface area contributed by atoms with Crippen LogP contribution >= 0.6 is 11.6 Å². The number of halogens is 1. The molecule has 1 aromatic rings. The fourth-order valence-corrected chi connectivity index (χ4v) is 1.39. The number of pyridine rings is 1. The van der Waals surface area contributed by atoms with Gasteiger partial charge in [0.1, 0.15) is 5.15 Å². The highest BCUT2D eigenvalue weighted by molar-refractivity contribution is 6.29. The Labute approximate surface area is 95.0 Å². The van der Waals surface area contributed by atoms with Crippen LogP contribution in [0, 0.1) is 11.8 Å². The highest BCUT2D eigenvalue weighted by atomic mass is 35.5. The lowest BCUT2D eigenvalue weighted by Crippen LogP contribution is -2.27. The predicted octanol–water partition coefficient (Wildman–Crippen LogP) is 2.04. The fourth-order valence-electron chi connectivity index (χ4n) is 1.28. The predicted molar refractivity (Wildman–Crippen MR) is 62.0 cm³/mol. The minimum Gasteiger partial charge on any atom is -0.271 e. The van der Waals surface area contributed by atoms with Crippen LogP contribution in [0.15, 0.2) is 18.3 Å². The number of nitrogens with zero attached hydrogens (tertiary/aromatic N) is 1. The van der Waals surface area contributed by atoms with Crippen molar-refractivity contribution >= 4 is 11.6 Å². The van der Waals surface area contributed by atoms with Crippen molar-refractivity contribution < 1.29 is 0 Å². The molecule has 15 heavy (non-hydrogen) atoms. The quantitative estimate of drug-likeness (QED) is 0.356. The number of aromatic nitrogens is 1. The van der Waals surface area contributed by atoms with E-state index in [0.717, 1.165) is 18.4 Å². The van der Waals surface area contributed by atoms with Crippen molar-refractivity contribution in [2.45, 2.75) is 25.8 Å². The maximum atomic E-state index is 5.70.